The van der Waals surface area contributed by atoms with E-state index in [2.05, 4.69) is 15.3 Å². The Morgan fingerprint density at radius 3 is 2.79 bits per heavy atom. The number of aromatic nitrogens is 2. The van der Waals surface area contributed by atoms with E-state index >= 15 is 0 Å². The van der Waals surface area contributed by atoms with E-state index in [0.29, 0.717) is 16.4 Å². The molecule has 2 aromatic heterocycles. The predicted octanol–water partition coefficient (Wildman–Crippen LogP) is 3.78. The molecule has 0 aliphatic rings. The second-order valence-corrected chi connectivity index (χ2v) is 6.91. The number of hydrogen-bond acceptors (Lipinski definition) is 6. The number of pyridine rings is 1. The van der Waals surface area contributed by atoms with Crippen LogP contribution in [0.5, 0.6) is 0 Å². The first-order chi connectivity index (χ1) is 13.6. The van der Waals surface area contributed by atoms with Crippen LogP contribution in [0.3, 0.4) is 0 Å². The third-order valence-electron chi connectivity index (χ3n) is 3.77. The topological polar surface area (TPSA) is 81.2 Å². The Balaban J connectivity index is 1.47. The molecule has 1 amide bonds. The van der Waals surface area contributed by atoms with Gasteiger partial charge in [0.2, 0.25) is 5.91 Å². The van der Waals surface area contributed by atoms with Gasteiger partial charge in [0.25, 0.3) is 0 Å². The zero-order chi connectivity index (χ0) is 19.8. The van der Waals surface area contributed by atoms with Crippen LogP contribution in [-0.4, -0.2) is 21.8 Å². The molecule has 0 unspecified atom stereocenters. The van der Waals surface area contributed by atoms with Crippen molar-refractivity contribution in [2.75, 3.05) is 5.32 Å². The molecule has 1 N–H and O–H groups in total. The van der Waals surface area contributed by atoms with Crippen molar-refractivity contribution in [3.05, 3.63) is 82.1 Å². The van der Waals surface area contributed by atoms with Crippen LogP contribution in [0.2, 0.25) is 0 Å². The molecule has 1 aromatic carbocycles. The molecular formula is C21H19N3O3S. The van der Waals surface area contributed by atoms with E-state index in [9.17, 15) is 9.59 Å². The maximum Gasteiger partial charge on any atom is 0.331 e. The molecule has 7 heteroatoms. The maximum absolute atomic E-state index is 12.2. The summed E-state index contributed by atoms with van der Waals surface area (Å²) in [4.78, 5) is 32.4. The van der Waals surface area contributed by atoms with Gasteiger partial charge in [0.1, 0.15) is 11.6 Å². The van der Waals surface area contributed by atoms with E-state index in [1.165, 1.54) is 17.4 Å². The van der Waals surface area contributed by atoms with Crippen molar-refractivity contribution in [2.45, 2.75) is 20.0 Å². The molecule has 0 bridgehead atoms. The molecular weight excluding hydrogens is 374 g/mol. The molecule has 142 valence electrons. The largest absolute Gasteiger partial charge is 0.456 e. The molecule has 2 heterocycles. The van der Waals surface area contributed by atoms with Crippen molar-refractivity contribution in [3.8, 4) is 0 Å². The maximum atomic E-state index is 12.2. The molecule has 0 saturated carbocycles. The summed E-state index contributed by atoms with van der Waals surface area (Å²) in [6.45, 7) is 2.00. The fourth-order valence-corrected chi connectivity index (χ4v) is 3.14. The molecule has 28 heavy (non-hydrogen) atoms. The van der Waals surface area contributed by atoms with Gasteiger partial charge in [-0.05, 0) is 36.8 Å². The smallest absolute Gasteiger partial charge is 0.331 e. The third kappa shape index (κ3) is 5.85. The van der Waals surface area contributed by atoms with Gasteiger partial charge in [-0.3, -0.25) is 9.78 Å². The number of nitrogens with zero attached hydrogens (tertiary/aromatic N) is 2. The van der Waals surface area contributed by atoms with Gasteiger partial charge in [-0.2, -0.15) is 0 Å². The number of amides is 1. The van der Waals surface area contributed by atoms with Gasteiger partial charge in [-0.15, -0.1) is 11.3 Å². The van der Waals surface area contributed by atoms with Crippen molar-refractivity contribution >= 4 is 35.0 Å². The summed E-state index contributed by atoms with van der Waals surface area (Å²) >= 11 is 1.36. The summed E-state index contributed by atoms with van der Waals surface area (Å²) in [6.07, 6.45) is 4.74. The summed E-state index contributed by atoms with van der Waals surface area (Å²) in [5.41, 5.74) is 3.08. The Hall–Kier alpha value is -3.32. The number of benzene rings is 1. The highest BCUT2D eigenvalue weighted by molar-refractivity contribution is 7.09. The van der Waals surface area contributed by atoms with E-state index in [1.807, 2.05) is 37.3 Å². The number of rotatable bonds is 7. The van der Waals surface area contributed by atoms with Crippen molar-refractivity contribution in [2.24, 2.45) is 0 Å². The van der Waals surface area contributed by atoms with Crippen LogP contribution in [0.25, 0.3) is 6.08 Å². The van der Waals surface area contributed by atoms with Crippen molar-refractivity contribution in [1.82, 2.24) is 9.97 Å². The van der Waals surface area contributed by atoms with Gasteiger partial charge in [-0.25, -0.2) is 9.78 Å². The number of ether oxygens (including phenoxy) is 1. The van der Waals surface area contributed by atoms with Gasteiger partial charge in [0, 0.05) is 23.3 Å². The first kappa shape index (κ1) is 19.4. The van der Waals surface area contributed by atoms with Crippen molar-refractivity contribution in [1.29, 1.82) is 0 Å². The Labute approximate surface area is 166 Å². The Kier molecular flexibility index (Phi) is 6.64. The highest BCUT2D eigenvalue weighted by Gasteiger charge is 2.10. The minimum absolute atomic E-state index is 0.0568. The summed E-state index contributed by atoms with van der Waals surface area (Å²) in [5.74, 6) is -0.608. The fraction of sp³-hybridized carbons (Fsp3) is 0.143. The average Bonchev–Trinajstić information content (AvgIpc) is 3.14. The quantitative estimate of drug-likeness (QED) is 0.488. The lowest BCUT2D eigenvalue weighted by Gasteiger charge is -2.06. The fourth-order valence-electron chi connectivity index (χ4n) is 2.36. The number of carbonyl (C=O) groups excluding carboxylic acids is 2. The van der Waals surface area contributed by atoms with Crippen molar-refractivity contribution in [3.63, 3.8) is 0 Å². The molecule has 3 aromatic rings. The summed E-state index contributed by atoms with van der Waals surface area (Å²) in [7, 11) is 0. The van der Waals surface area contributed by atoms with Crippen LogP contribution < -0.4 is 5.32 Å². The van der Waals surface area contributed by atoms with Gasteiger partial charge in [0.05, 0.1) is 17.8 Å². The molecule has 0 radical (unpaired) electrons. The number of hydrogen-bond donors (Lipinski definition) is 1. The average molecular weight is 393 g/mol. The lowest BCUT2D eigenvalue weighted by atomic mass is 10.2. The molecule has 0 aliphatic heterocycles. The number of nitrogens with one attached hydrogen (secondary N) is 1. The monoisotopic (exact) mass is 393 g/mol. The SMILES string of the molecule is Cc1ccccc1NC(=O)Cc1nc(COC(=O)C=Cc2ccccn2)cs1. The minimum Gasteiger partial charge on any atom is -0.456 e. The first-order valence-electron chi connectivity index (χ1n) is 8.65. The van der Waals surface area contributed by atoms with E-state index in [1.54, 1.807) is 29.8 Å². The summed E-state index contributed by atoms with van der Waals surface area (Å²) in [6, 6.07) is 13.0. The van der Waals surface area contributed by atoms with Crippen LogP contribution >= 0.6 is 11.3 Å². The highest BCUT2D eigenvalue weighted by atomic mass is 32.1. The predicted molar refractivity (Wildman–Crippen MR) is 109 cm³/mol. The van der Waals surface area contributed by atoms with Gasteiger partial charge < -0.3 is 10.1 Å². The first-order valence-corrected chi connectivity index (χ1v) is 9.53. The highest BCUT2D eigenvalue weighted by Crippen LogP contribution is 2.16. The zero-order valence-corrected chi connectivity index (χ0v) is 16.1. The van der Waals surface area contributed by atoms with Crippen LogP contribution in [0, 0.1) is 6.92 Å². The standard InChI is InChI=1S/C21H19N3O3S/c1-15-6-2-3-8-18(15)24-19(25)12-20-23-17(14-28-20)13-27-21(26)10-9-16-7-4-5-11-22-16/h2-11,14H,12-13H2,1H3,(H,24,25). The number of para-hydroxylation sites is 1. The molecule has 3 rings (SSSR count). The second-order valence-electron chi connectivity index (χ2n) is 5.97. The Morgan fingerprint density at radius 1 is 1.18 bits per heavy atom. The summed E-state index contributed by atoms with van der Waals surface area (Å²) in [5, 5.41) is 5.33. The zero-order valence-electron chi connectivity index (χ0n) is 15.3. The van der Waals surface area contributed by atoms with E-state index in [-0.39, 0.29) is 18.9 Å². The van der Waals surface area contributed by atoms with Gasteiger partial charge >= 0.3 is 5.97 Å². The molecule has 0 fully saturated rings. The second kappa shape index (κ2) is 9.57. The van der Waals surface area contributed by atoms with Crippen LogP contribution in [-0.2, 0) is 27.4 Å². The lowest BCUT2D eigenvalue weighted by molar-refractivity contribution is -0.139. The van der Waals surface area contributed by atoms with Gasteiger partial charge in [0.15, 0.2) is 0 Å². The molecule has 0 spiro atoms. The minimum atomic E-state index is -0.475. The number of esters is 1. The Bertz CT molecular complexity index is 983. The summed E-state index contributed by atoms with van der Waals surface area (Å²) < 4.78 is 5.17. The van der Waals surface area contributed by atoms with E-state index < -0.39 is 5.97 Å². The number of anilines is 1. The Morgan fingerprint density at radius 2 is 2.00 bits per heavy atom. The molecule has 6 nitrogen and oxygen atoms in total. The molecule has 0 saturated heterocycles. The van der Waals surface area contributed by atoms with Crippen LogP contribution in [0.1, 0.15) is 22.0 Å². The number of carbonyl (C=O) groups is 2. The van der Waals surface area contributed by atoms with Crippen LogP contribution in [0.4, 0.5) is 5.69 Å². The van der Waals surface area contributed by atoms with Crippen LogP contribution in [0.15, 0.2) is 60.1 Å². The molecule has 0 aliphatic carbocycles. The van der Waals surface area contributed by atoms with E-state index in [4.69, 9.17) is 4.74 Å². The normalized spacial score (nSPS) is 10.8. The number of thiazole rings is 1. The van der Waals surface area contributed by atoms with E-state index in [0.717, 1.165) is 11.3 Å². The third-order valence-corrected chi connectivity index (χ3v) is 4.67. The van der Waals surface area contributed by atoms with Crippen molar-refractivity contribution < 1.29 is 14.3 Å². The number of aryl methyl sites for hydroxylation is 1. The molecule has 0 atom stereocenters. The van der Waals surface area contributed by atoms with Gasteiger partial charge in [-0.1, -0.05) is 24.3 Å². The lowest BCUT2D eigenvalue weighted by Crippen LogP contribution is -2.15.